The molecule has 1 atom stereocenters. The van der Waals surface area contributed by atoms with Crippen LogP contribution in [0.3, 0.4) is 0 Å². The van der Waals surface area contributed by atoms with Crippen LogP contribution in [0.1, 0.15) is 24.4 Å². The Balaban J connectivity index is 1.75. The molecule has 0 aliphatic heterocycles. The first-order chi connectivity index (χ1) is 9.24. The first-order valence-electron chi connectivity index (χ1n) is 6.08. The van der Waals surface area contributed by atoms with Gasteiger partial charge in [0.2, 0.25) is 0 Å². The minimum absolute atomic E-state index is 0.125. The summed E-state index contributed by atoms with van der Waals surface area (Å²) in [6, 6.07) is 5.99. The third-order valence-corrected chi connectivity index (χ3v) is 3.41. The summed E-state index contributed by atoms with van der Waals surface area (Å²) in [4.78, 5) is 7.36. The molecule has 2 heterocycles. The van der Waals surface area contributed by atoms with Crippen molar-refractivity contribution in [1.29, 1.82) is 0 Å². The quantitative estimate of drug-likeness (QED) is 0.686. The maximum atomic E-state index is 5.97. The topological polar surface area (TPSA) is 69.4 Å². The van der Waals surface area contributed by atoms with Crippen molar-refractivity contribution in [2.24, 2.45) is 0 Å². The van der Waals surface area contributed by atoms with Crippen molar-refractivity contribution >= 4 is 22.5 Å². The summed E-state index contributed by atoms with van der Waals surface area (Å²) in [6.45, 7) is 2.80. The van der Waals surface area contributed by atoms with Gasteiger partial charge in [-0.15, -0.1) is 0 Å². The molecular formula is C13H14ClN5. The number of nitrogens with one attached hydrogen (secondary N) is 3. The van der Waals surface area contributed by atoms with Crippen LogP contribution in [0.5, 0.6) is 0 Å². The van der Waals surface area contributed by atoms with Gasteiger partial charge < -0.3 is 10.3 Å². The number of nitrogens with zero attached hydrogens (tertiary/aromatic N) is 2. The largest absolute Gasteiger partial charge is 0.361 e. The lowest BCUT2D eigenvalue weighted by molar-refractivity contribution is 0.549. The van der Waals surface area contributed by atoms with Crippen molar-refractivity contribution in [3.05, 3.63) is 47.1 Å². The molecule has 0 fully saturated rings. The molecule has 98 valence electrons. The van der Waals surface area contributed by atoms with Crippen LogP contribution >= 0.6 is 11.6 Å². The highest BCUT2D eigenvalue weighted by Gasteiger charge is 2.09. The van der Waals surface area contributed by atoms with E-state index in [1.165, 1.54) is 17.3 Å². The van der Waals surface area contributed by atoms with E-state index in [0.29, 0.717) is 0 Å². The molecule has 0 saturated carbocycles. The molecule has 3 N–H and O–H groups in total. The van der Waals surface area contributed by atoms with Gasteiger partial charge in [0.1, 0.15) is 12.2 Å². The van der Waals surface area contributed by atoms with E-state index < -0.39 is 0 Å². The summed E-state index contributed by atoms with van der Waals surface area (Å²) in [5.41, 5.74) is 2.26. The Labute approximate surface area is 115 Å². The van der Waals surface area contributed by atoms with Crippen LogP contribution in [0.15, 0.2) is 30.7 Å². The van der Waals surface area contributed by atoms with Gasteiger partial charge in [-0.3, -0.25) is 5.10 Å². The van der Waals surface area contributed by atoms with Crippen LogP contribution < -0.4 is 5.32 Å². The van der Waals surface area contributed by atoms with Crippen LogP contribution in [0.25, 0.3) is 10.9 Å². The highest BCUT2D eigenvalue weighted by molar-refractivity contribution is 6.31. The maximum Gasteiger partial charge on any atom is 0.141 e. The Kier molecular flexibility index (Phi) is 3.23. The van der Waals surface area contributed by atoms with Crippen LogP contribution in [-0.4, -0.2) is 20.2 Å². The van der Waals surface area contributed by atoms with Crippen LogP contribution in [0, 0.1) is 0 Å². The van der Waals surface area contributed by atoms with E-state index in [1.54, 1.807) is 0 Å². The molecule has 2 aromatic heterocycles. The summed E-state index contributed by atoms with van der Waals surface area (Å²) in [5.74, 6) is 0.836. The number of aromatic nitrogens is 4. The average molecular weight is 276 g/mol. The minimum Gasteiger partial charge on any atom is -0.361 e. The molecule has 0 bridgehead atoms. The fourth-order valence-corrected chi connectivity index (χ4v) is 2.26. The molecule has 0 radical (unpaired) electrons. The smallest absolute Gasteiger partial charge is 0.141 e. The van der Waals surface area contributed by atoms with Gasteiger partial charge in [-0.05, 0) is 24.6 Å². The number of hydrogen-bond donors (Lipinski definition) is 3. The number of aromatic amines is 2. The molecule has 1 aromatic carbocycles. The summed E-state index contributed by atoms with van der Waals surface area (Å²) < 4.78 is 0. The minimum atomic E-state index is 0.125. The van der Waals surface area contributed by atoms with Crippen molar-refractivity contribution in [3.63, 3.8) is 0 Å². The fraction of sp³-hybridized carbons (Fsp3) is 0.231. The van der Waals surface area contributed by atoms with E-state index in [9.17, 15) is 0 Å². The van der Waals surface area contributed by atoms with Gasteiger partial charge >= 0.3 is 0 Å². The van der Waals surface area contributed by atoms with Crippen LogP contribution in [-0.2, 0) is 6.54 Å². The Bertz CT molecular complexity index is 673. The molecule has 6 heteroatoms. The van der Waals surface area contributed by atoms with E-state index in [0.717, 1.165) is 22.9 Å². The zero-order valence-corrected chi connectivity index (χ0v) is 11.2. The van der Waals surface area contributed by atoms with Gasteiger partial charge in [0, 0.05) is 28.7 Å². The summed E-state index contributed by atoms with van der Waals surface area (Å²) >= 11 is 5.97. The first kappa shape index (κ1) is 12.2. The molecular weight excluding hydrogens is 262 g/mol. The van der Waals surface area contributed by atoms with E-state index in [4.69, 9.17) is 11.6 Å². The third-order valence-electron chi connectivity index (χ3n) is 3.17. The number of hydrogen-bond acceptors (Lipinski definition) is 3. The number of benzene rings is 1. The average Bonchev–Trinajstić information content (AvgIpc) is 3.05. The Morgan fingerprint density at radius 3 is 3.11 bits per heavy atom. The van der Waals surface area contributed by atoms with E-state index in [-0.39, 0.29) is 6.04 Å². The number of fused-ring (bicyclic) bond motifs is 1. The summed E-state index contributed by atoms with van der Waals surface area (Å²) in [7, 11) is 0. The Hall–Kier alpha value is -1.85. The predicted molar refractivity (Wildman–Crippen MR) is 74.9 cm³/mol. The normalized spacial score (nSPS) is 12.9. The lowest BCUT2D eigenvalue weighted by Crippen LogP contribution is -2.19. The van der Waals surface area contributed by atoms with Gasteiger partial charge in [0.15, 0.2) is 0 Å². The van der Waals surface area contributed by atoms with E-state index >= 15 is 0 Å². The molecule has 3 aromatic rings. The van der Waals surface area contributed by atoms with Gasteiger partial charge in [-0.2, -0.15) is 5.10 Å². The second-order valence-corrected chi connectivity index (χ2v) is 4.91. The van der Waals surface area contributed by atoms with Crippen molar-refractivity contribution in [1.82, 2.24) is 25.5 Å². The highest BCUT2D eigenvalue weighted by Crippen LogP contribution is 2.22. The maximum absolute atomic E-state index is 5.97. The molecule has 1 unspecified atom stereocenters. The number of rotatable bonds is 4. The summed E-state index contributed by atoms with van der Waals surface area (Å²) in [6.07, 6.45) is 3.52. The van der Waals surface area contributed by atoms with Crippen molar-refractivity contribution in [2.45, 2.75) is 19.5 Å². The van der Waals surface area contributed by atoms with Crippen LogP contribution in [0.4, 0.5) is 0 Å². The molecule has 0 saturated heterocycles. The monoisotopic (exact) mass is 275 g/mol. The number of H-pyrrole nitrogens is 2. The van der Waals surface area contributed by atoms with Gasteiger partial charge in [0.05, 0.1) is 6.04 Å². The van der Waals surface area contributed by atoms with Gasteiger partial charge in [-0.25, -0.2) is 4.98 Å². The number of halogens is 1. The molecule has 0 aliphatic rings. The Morgan fingerprint density at radius 2 is 2.32 bits per heavy atom. The zero-order chi connectivity index (χ0) is 13.2. The van der Waals surface area contributed by atoms with Crippen molar-refractivity contribution < 1.29 is 0 Å². The van der Waals surface area contributed by atoms with Gasteiger partial charge in [-0.1, -0.05) is 17.7 Å². The van der Waals surface area contributed by atoms with E-state index in [1.807, 2.05) is 31.3 Å². The molecule has 5 nitrogen and oxygen atoms in total. The third kappa shape index (κ3) is 2.47. The Morgan fingerprint density at radius 1 is 1.42 bits per heavy atom. The summed E-state index contributed by atoms with van der Waals surface area (Å²) in [5, 5.41) is 12.0. The van der Waals surface area contributed by atoms with Gasteiger partial charge in [0.25, 0.3) is 0 Å². The molecule has 0 spiro atoms. The van der Waals surface area contributed by atoms with Crippen molar-refractivity contribution in [3.8, 4) is 0 Å². The fourth-order valence-electron chi connectivity index (χ4n) is 2.09. The lowest BCUT2D eigenvalue weighted by atomic mass is 10.1. The molecule has 19 heavy (non-hydrogen) atoms. The lowest BCUT2D eigenvalue weighted by Gasteiger charge is -2.10. The van der Waals surface area contributed by atoms with Crippen LogP contribution in [0.2, 0.25) is 5.02 Å². The zero-order valence-electron chi connectivity index (χ0n) is 10.4. The standard InChI is InChI=1S/C13H14ClN5/c1-8(13-17-7-18-19-13)15-5-9-6-16-12-4-10(14)2-3-11(9)12/h2-4,6-8,15-16H,5H2,1H3,(H,17,18,19). The van der Waals surface area contributed by atoms with Crippen molar-refractivity contribution in [2.75, 3.05) is 0 Å². The van der Waals surface area contributed by atoms with E-state index in [2.05, 4.69) is 25.5 Å². The molecule has 0 amide bonds. The molecule has 0 aliphatic carbocycles. The predicted octanol–water partition coefficient (Wildman–Crippen LogP) is 2.79. The highest BCUT2D eigenvalue weighted by atomic mass is 35.5. The first-order valence-corrected chi connectivity index (χ1v) is 6.46. The SMILES string of the molecule is CC(NCc1c[nH]c2cc(Cl)ccc12)c1ncn[nH]1. The second-order valence-electron chi connectivity index (χ2n) is 4.48. The second kappa shape index (κ2) is 5.03. The molecule has 3 rings (SSSR count).